The van der Waals surface area contributed by atoms with E-state index in [1.165, 1.54) is 11.8 Å². The maximum absolute atomic E-state index is 13.7. The van der Waals surface area contributed by atoms with Gasteiger partial charge in [0.05, 0.1) is 47.6 Å². The van der Waals surface area contributed by atoms with Crippen molar-refractivity contribution in [3.05, 3.63) is 117 Å². The van der Waals surface area contributed by atoms with E-state index in [1.54, 1.807) is 69.5 Å². The Labute approximate surface area is 243 Å². The maximum Gasteiger partial charge on any atom is 0.338 e. The van der Waals surface area contributed by atoms with Crippen LogP contribution >= 0.6 is 11.8 Å². The van der Waals surface area contributed by atoms with Crippen molar-refractivity contribution < 1.29 is 23.9 Å². The van der Waals surface area contributed by atoms with Crippen LogP contribution in [0.1, 0.15) is 46.0 Å². The number of nitriles is 1. The second-order valence-corrected chi connectivity index (χ2v) is 10.0. The predicted molar refractivity (Wildman–Crippen MR) is 158 cm³/mol. The summed E-state index contributed by atoms with van der Waals surface area (Å²) >= 11 is 1.23. The monoisotopic (exact) mass is 567 g/mol. The van der Waals surface area contributed by atoms with Crippen molar-refractivity contribution >= 4 is 35.1 Å². The Hall–Kier alpha value is -4.81. The number of carbonyl (C=O) groups excluding carboxylic acids is 3. The van der Waals surface area contributed by atoms with E-state index in [9.17, 15) is 19.6 Å². The first-order valence-corrected chi connectivity index (χ1v) is 13.9. The van der Waals surface area contributed by atoms with Crippen LogP contribution in [0.5, 0.6) is 5.75 Å². The van der Waals surface area contributed by atoms with Crippen molar-refractivity contribution in [3.63, 3.8) is 0 Å². The number of methoxy groups -OCH3 is 1. The fraction of sp³-hybridized carbons (Fsp3) is 0.188. The van der Waals surface area contributed by atoms with Gasteiger partial charge in [0.2, 0.25) is 0 Å². The summed E-state index contributed by atoms with van der Waals surface area (Å²) in [6.45, 7) is 3.77. The lowest BCUT2D eigenvalue weighted by Gasteiger charge is -2.30. The molecule has 1 amide bonds. The number of Topliss-reactive ketones (excluding diaryl/α,β-unsaturated/α-hetero) is 1. The minimum absolute atomic E-state index is 0.100. The summed E-state index contributed by atoms with van der Waals surface area (Å²) in [5.41, 5.74) is 3.47. The highest BCUT2D eigenvalue weighted by Gasteiger charge is 2.35. The van der Waals surface area contributed by atoms with Crippen molar-refractivity contribution in [1.29, 1.82) is 5.26 Å². The van der Waals surface area contributed by atoms with E-state index in [0.717, 1.165) is 5.56 Å². The van der Waals surface area contributed by atoms with E-state index in [2.05, 4.69) is 16.7 Å². The van der Waals surface area contributed by atoms with Gasteiger partial charge in [-0.25, -0.2) is 4.79 Å². The number of carbonyl (C=O) groups is 3. The average molecular weight is 568 g/mol. The fourth-order valence-corrected chi connectivity index (χ4v) is 5.39. The van der Waals surface area contributed by atoms with Gasteiger partial charge in [-0.2, -0.15) is 5.26 Å². The van der Waals surface area contributed by atoms with E-state index in [0.29, 0.717) is 44.4 Å². The molecule has 8 nitrogen and oxygen atoms in total. The Morgan fingerprint density at radius 1 is 0.976 bits per heavy atom. The van der Waals surface area contributed by atoms with Crippen molar-refractivity contribution in [1.82, 2.24) is 5.32 Å². The Kier molecular flexibility index (Phi) is 9.61. The lowest BCUT2D eigenvalue weighted by molar-refractivity contribution is -0.113. The number of nitrogens with zero attached hydrogens (tertiary/aromatic N) is 1. The van der Waals surface area contributed by atoms with Gasteiger partial charge in [-0.15, -0.1) is 0 Å². The van der Waals surface area contributed by atoms with E-state index in [-0.39, 0.29) is 24.1 Å². The number of benzene rings is 3. The number of allylic oxidation sites excluding steroid dienone is 2. The summed E-state index contributed by atoms with van der Waals surface area (Å²) in [6, 6.07) is 24.9. The van der Waals surface area contributed by atoms with Crippen LogP contribution in [-0.2, 0) is 9.53 Å². The average Bonchev–Trinajstić information content (AvgIpc) is 3.00. The van der Waals surface area contributed by atoms with Crippen LogP contribution in [0.15, 0.2) is 101 Å². The van der Waals surface area contributed by atoms with E-state index in [1.807, 2.05) is 30.3 Å². The van der Waals surface area contributed by atoms with Crippen LogP contribution in [0.3, 0.4) is 0 Å². The van der Waals surface area contributed by atoms with Crippen molar-refractivity contribution in [3.8, 4) is 11.8 Å². The molecule has 0 fully saturated rings. The summed E-state index contributed by atoms with van der Waals surface area (Å²) in [4.78, 5) is 38.5. The molecule has 0 aromatic heterocycles. The number of rotatable bonds is 10. The molecular formula is C32H29N3O5S. The van der Waals surface area contributed by atoms with Gasteiger partial charge >= 0.3 is 5.97 Å². The largest absolute Gasteiger partial charge is 0.497 e. The summed E-state index contributed by atoms with van der Waals surface area (Å²) < 4.78 is 10.2. The molecule has 208 valence electrons. The topological polar surface area (TPSA) is 118 Å². The smallest absolute Gasteiger partial charge is 0.338 e. The lowest BCUT2D eigenvalue weighted by Crippen LogP contribution is -2.31. The zero-order valence-corrected chi connectivity index (χ0v) is 23.7. The SMILES string of the molecule is CCOC(=O)c1ccc(NC(=O)C2=C(C)NC(SCC(=O)c3ccc(OC)cc3)=C(C#N)[C@H]2c2ccccc2)cc1. The number of ether oxygens (including phenoxy) is 2. The highest BCUT2D eigenvalue weighted by Crippen LogP contribution is 2.41. The molecule has 0 saturated heterocycles. The number of hydrogen-bond acceptors (Lipinski definition) is 8. The van der Waals surface area contributed by atoms with Gasteiger partial charge in [0.15, 0.2) is 5.78 Å². The Balaban J connectivity index is 1.60. The third-order valence-corrected chi connectivity index (χ3v) is 7.46. The number of ketones is 1. The predicted octanol–water partition coefficient (Wildman–Crippen LogP) is 5.82. The van der Waals surface area contributed by atoms with Crippen molar-refractivity contribution in [2.75, 3.05) is 24.8 Å². The van der Waals surface area contributed by atoms with Crippen LogP contribution in [0.4, 0.5) is 5.69 Å². The maximum atomic E-state index is 13.7. The van der Waals surface area contributed by atoms with E-state index >= 15 is 0 Å². The number of amides is 1. The molecule has 0 saturated carbocycles. The quantitative estimate of drug-likeness (QED) is 0.232. The van der Waals surface area contributed by atoms with E-state index < -0.39 is 11.9 Å². The first-order valence-electron chi connectivity index (χ1n) is 12.9. The zero-order chi connectivity index (χ0) is 29.4. The number of esters is 1. The third kappa shape index (κ3) is 6.86. The summed E-state index contributed by atoms with van der Waals surface area (Å²) in [6.07, 6.45) is 0. The van der Waals surface area contributed by atoms with Crippen molar-refractivity contribution in [2.24, 2.45) is 0 Å². The molecule has 0 unspecified atom stereocenters. The molecule has 2 N–H and O–H groups in total. The van der Waals surface area contributed by atoms with E-state index in [4.69, 9.17) is 9.47 Å². The number of dihydropyridines is 1. The van der Waals surface area contributed by atoms with Gasteiger partial charge in [-0.05, 0) is 67.9 Å². The number of anilines is 1. The minimum Gasteiger partial charge on any atom is -0.497 e. The van der Waals surface area contributed by atoms with Gasteiger partial charge in [0, 0.05) is 22.5 Å². The van der Waals surface area contributed by atoms with Crippen LogP contribution in [-0.4, -0.2) is 37.1 Å². The third-order valence-electron chi connectivity index (χ3n) is 6.44. The van der Waals surface area contributed by atoms with Crippen LogP contribution < -0.4 is 15.4 Å². The summed E-state index contributed by atoms with van der Waals surface area (Å²) in [5, 5.41) is 16.9. The molecular weight excluding hydrogens is 538 g/mol. The lowest BCUT2D eigenvalue weighted by atomic mass is 9.82. The van der Waals surface area contributed by atoms with Gasteiger partial charge in [0.1, 0.15) is 5.75 Å². The highest BCUT2D eigenvalue weighted by atomic mass is 32.2. The molecule has 1 aliphatic heterocycles. The molecule has 3 aromatic carbocycles. The second-order valence-electron chi connectivity index (χ2n) is 9.05. The summed E-state index contributed by atoms with van der Waals surface area (Å²) in [7, 11) is 1.56. The van der Waals surface area contributed by atoms with Gasteiger partial charge in [-0.3, -0.25) is 9.59 Å². The molecule has 9 heteroatoms. The summed E-state index contributed by atoms with van der Waals surface area (Å²) in [5.74, 6) is -0.826. The van der Waals surface area contributed by atoms with Crippen LogP contribution in [0.25, 0.3) is 0 Å². The molecule has 0 bridgehead atoms. The first kappa shape index (κ1) is 29.2. The van der Waals surface area contributed by atoms with Crippen molar-refractivity contribution in [2.45, 2.75) is 19.8 Å². The normalized spacial score (nSPS) is 14.5. The first-order chi connectivity index (χ1) is 19.9. The fourth-order valence-electron chi connectivity index (χ4n) is 4.41. The Morgan fingerprint density at radius 3 is 2.24 bits per heavy atom. The number of thioether (sulfide) groups is 1. The standard InChI is InChI=1S/C32H29N3O5S/c1-4-40-32(38)23-10-14-24(15-11-23)35-30(37)28-20(2)34-31(26(18-33)29(28)22-8-6-5-7-9-22)41-19-27(36)21-12-16-25(39-3)17-13-21/h5-17,29,34H,4,19H2,1-3H3,(H,35,37)/t29-/m1/s1. The molecule has 1 atom stereocenters. The van der Waals surface area contributed by atoms with Gasteiger partial charge < -0.3 is 20.1 Å². The zero-order valence-electron chi connectivity index (χ0n) is 22.9. The molecule has 3 aromatic rings. The molecule has 0 aliphatic carbocycles. The Morgan fingerprint density at radius 2 is 1.63 bits per heavy atom. The van der Waals surface area contributed by atoms with Crippen LogP contribution in [0.2, 0.25) is 0 Å². The highest BCUT2D eigenvalue weighted by molar-refractivity contribution is 8.03. The second kappa shape index (κ2) is 13.5. The van der Waals surface area contributed by atoms with Gasteiger partial charge in [0.25, 0.3) is 5.91 Å². The molecule has 1 heterocycles. The molecule has 0 radical (unpaired) electrons. The van der Waals surface area contributed by atoms with Crippen LogP contribution in [0, 0.1) is 11.3 Å². The number of nitrogens with one attached hydrogen (secondary N) is 2. The number of hydrogen-bond donors (Lipinski definition) is 2. The molecule has 41 heavy (non-hydrogen) atoms. The molecule has 1 aliphatic rings. The molecule has 0 spiro atoms. The Bertz CT molecular complexity index is 1540. The minimum atomic E-state index is -0.653. The van der Waals surface area contributed by atoms with Gasteiger partial charge in [-0.1, -0.05) is 42.1 Å². The molecule has 4 rings (SSSR count).